The van der Waals surface area contributed by atoms with Gasteiger partial charge in [-0.1, -0.05) is 85.6 Å². The third-order valence-electron chi connectivity index (χ3n) is 6.09. The van der Waals surface area contributed by atoms with Crippen LogP contribution in [-0.4, -0.2) is 35.1 Å². The number of aryl methyl sites for hydroxylation is 2. The van der Waals surface area contributed by atoms with Crippen LogP contribution in [0.2, 0.25) is 0 Å². The minimum absolute atomic E-state index is 0.0367. The van der Waals surface area contributed by atoms with Crippen molar-refractivity contribution < 1.29 is 9.59 Å². The van der Waals surface area contributed by atoms with Gasteiger partial charge in [0.15, 0.2) is 0 Å². The molecule has 0 radical (unpaired) electrons. The Kier molecular flexibility index (Phi) is 10.4. The number of unbranched alkanes of at least 4 members (excludes halogenated alkanes) is 1. The van der Waals surface area contributed by atoms with Crippen LogP contribution < -0.4 is 5.32 Å². The quantitative estimate of drug-likeness (QED) is 0.253. The summed E-state index contributed by atoms with van der Waals surface area (Å²) >= 11 is 1.51. The van der Waals surface area contributed by atoms with Gasteiger partial charge in [0.1, 0.15) is 6.04 Å². The molecule has 0 aliphatic carbocycles. The minimum Gasteiger partial charge on any atom is -0.354 e. The maximum Gasteiger partial charge on any atom is 0.243 e. The highest BCUT2D eigenvalue weighted by Gasteiger charge is 2.30. The number of rotatable bonds is 12. The number of hydrogen-bond acceptors (Lipinski definition) is 3. The van der Waals surface area contributed by atoms with E-state index in [9.17, 15) is 9.59 Å². The van der Waals surface area contributed by atoms with Crippen LogP contribution in [0.3, 0.4) is 0 Å². The first-order valence-corrected chi connectivity index (χ1v) is 13.3. The molecule has 0 bridgehead atoms. The van der Waals surface area contributed by atoms with Gasteiger partial charge in [0.05, 0.1) is 5.75 Å². The highest BCUT2D eigenvalue weighted by Crippen LogP contribution is 2.22. The molecule has 5 heteroatoms. The molecular formula is C30H36N2O2S. The Balaban J connectivity index is 1.88. The number of hydrogen-bond donors (Lipinski definition) is 1. The van der Waals surface area contributed by atoms with E-state index in [4.69, 9.17) is 0 Å². The van der Waals surface area contributed by atoms with Crippen molar-refractivity contribution in [2.45, 2.75) is 57.5 Å². The second-order valence-corrected chi connectivity index (χ2v) is 9.95. The predicted octanol–water partition coefficient (Wildman–Crippen LogP) is 5.95. The third-order valence-corrected chi connectivity index (χ3v) is 7.08. The number of nitrogens with zero attached hydrogens (tertiary/aromatic N) is 1. The van der Waals surface area contributed by atoms with Crippen molar-refractivity contribution in [3.05, 3.63) is 101 Å². The molecule has 0 unspecified atom stereocenters. The van der Waals surface area contributed by atoms with E-state index in [1.54, 1.807) is 4.90 Å². The lowest BCUT2D eigenvalue weighted by Gasteiger charge is -2.32. The lowest BCUT2D eigenvalue weighted by molar-refractivity contribution is -0.139. The highest BCUT2D eigenvalue weighted by atomic mass is 32.2. The van der Waals surface area contributed by atoms with Crippen LogP contribution in [0, 0.1) is 13.8 Å². The summed E-state index contributed by atoms with van der Waals surface area (Å²) in [4.78, 5) is 30.0. The SMILES string of the molecule is CCCCNC(=O)[C@@H](Cc1ccccc1)N(Cc1ccccc1C)C(=O)CSc1ccc(C)cc1. The van der Waals surface area contributed by atoms with Crippen LogP contribution in [0.15, 0.2) is 83.8 Å². The van der Waals surface area contributed by atoms with Gasteiger partial charge in [-0.15, -0.1) is 11.8 Å². The monoisotopic (exact) mass is 488 g/mol. The molecule has 0 saturated heterocycles. The van der Waals surface area contributed by atoms with Crippen LogP contribution in [0.5, 0.6) is 0 Å². The lowest BCUT2D eigenvalue weighted by Crippen LogP contribution is -2.51. The zero-order valence-corrected chi connectivity index (χ0v) is 21.8. The summed E-state index contributed by atoms with van der Waals surface area (Å²) in [5, 5.41) is 3.08. The van der Waals surface area contributed by atoms with Crippen molar-refractivity contribution in [1.82, 2.24) is 10.2 Å². The van der Waals surface area contributed by atoms with Gasteiger partial charge in [0.25, 0.3) is 0 Å². The number of amides is 2. The molecule has 3 aromatic carbocycles. The molecule has 0 fully saturated rings. The molecule has 3 aromatic rings. The van der Waals surface area contributed by atoms with Gasteiger partial charge < -0.3 is 10.2 Å². The summed E-state index contributed by atoms with van der Waals surface area (Å²) < 4.78 is 0. The lowest BCUT2D eigenvalue weighted by atomic mass is 10.0. The Morgan fingerprint density at radius 2 is 1.60 bits per heavy atom. The summed E-state index contributed by atoms with van der Waals surface area (Å²) in [5.74, 6) is 0.151. The molecule has 0 spiro atoms. The summed E-state index contributed by atoms with van der Waals surface area (Å²) in [6.07, 6.45) is 2.40. The third kappa shape index (κ3) is 8.29. The molecule has 1 N–H and O–H groups in total. The molecule has 0 aliphatic heterocycles. The molecule has 0 heterocycles. The van der Waals surface area contributed by atoms with E-state index in [0.29, 0.717) is 19.5 Å². The van der Waals surface area contributed by atoms with Crippen LogP contribution >= 0.6 is 11.8 Å². The fraction of sp³-hybridized carbons (Fsp3) is 0.333. The van der Waals surface area contributed by atoms with Gasteiger partial charge in [-0.2, -0.15) is 0 Å². The first-order valence-electron chi connectivity index (χ1n) is 12.3. The number of carbonyl (C=O) groups excluding carboxylic acids is 2. The second kappa shape index (κ2) is 13.7. The van der Waals surface area contributed by atoms with Crippen molar-refractivity contribution >= 4 is 23.6 Å². The highest BCUT2D eigenvalue weighted by molar-refractivity contribution is 8.00. The summed E-state index contributed by atoms with van der Waals surface area (Å²) in [7, 11) is 0. The van der Waals surface area contributed by atoms with Gasteiger partial charge in [-0.25, -0.2) is 0 Å². The van der Waals surface area contributed by atoms with Gasteiger partial charge in [-0.05, 0) is 49.1 Å². The van der Waals surface area contributed by atoms with Crippen LogP contribution in [0.25, 0.3) is 0 Å². The van der Waals surface area contributed by atoms with Crippen LogP contribution in [0.1, 0.15) is 42.0 Å². The number of nitrogens with one attached hydrogen (secondary N) is 1. The topological polar surface area (TPSA) is 49.4 Å². The second-order valence-electron chi connectivity index (χ2n) is 8.90. The normalized spacial score (nSPS) is 11.6. The van der Waals surface area contributed by atoms with E-state index in [1.165, 1.54) is 17.3 Å². The molecule has 2 amide bonds. The maximum atomic E-state index is 13.7. The molecule has 184 valence electrons. The zero-order valence-electron chi connectivity index (χ0n) is 21.0. The van der Waals surface area contributed by atoms with Gasteiger partial charge in [0, 0.05) is 24.4 Å². The molecular weight excluding hydrogens is 452 g/mol. The molecule has 1 atom stereocenters. The first-order chi connectivity index (χ1) is 17.0. The maximum absolute atomic E-state index is 13.7. The van der Waals surface area contributed by atoms with Crippen molar-refractivity contribution in [3.8, 4) is 0 Å². The Labute approximate surface area is 214 Å². The molecule has 0 aromatic heterocycles. The Bertz CT molecular complexity index is 1080. The molecule has 35 heavy (non-hydrogen) atoms. The van der Waals surface area contributed by atoms with Crippen molar-refractivity contribution in [3.63, 3.8) is 0 Å². The predicted molar refractivity (Wildman–Crippen MR) is 145 cm³/mol. The number of carbonyl (C=O) groups is 2. The van der Waals surface area contributed by atoms with Crippen LogP contribution in [0.4, 0.5) is 0 Å². The standard InChI is InChI=1S/C30H36N2O2S/c1-4-5-19-31-30(34)28(20-25-12-7-6-8-13-25)32(21-26-14-10-9-11-24(26)3)29(33)22-35-27-17-15-23(2)16-18-27/h6-18,28H,4-5,19-22H2,1-3H3,(H,31,34)/t28-/m1/s1. The van der Waals surface area contributed by atoms with E-state index >= 15 is 0 Å². The van der Waals surface area contributed by atoms with Gasteiger partial charge >= 0.3 is 0 Å². The summed E-state index contributed by atoms with van der Waals surface area (Å²) in [5.41, 5.74) is 4.40. The Morgan fingerprint density at radius 1 is 0.914 bits per heavy atom. The van der Waals surface area contributed by atoms with E-state index in [0.717, 1.165) is 34.4 Å². The molecule has 0 aliphatic rings. The average molecular weight is 489 g/mol. The van der Waals surface area contributed by atoms with E-state index < -0.39 is 6.04 Å². The smallest absolute Gasteiger partial charge is 0.243 e. The Hall–Kier alpha value is -3.05. The first kappa shape index (κ1) is 26.6. The minimum atomic E-state index is -0.583. The molecule has 3 rings (SSSR count). The number of benzene rings is 3. The fourth-order valence-corrected chi connectivity index (χ4v) is 4.68. The fourth-order valence-electron chi connectivity index (χ4n) is 3.89. The van der Waals surface area contributed by atoms with Gasteiger partial charge in [0.2, 0.25) is 11.8 Å². The van der Waals surface area contributed by atoms with E-state index in [2.05, 4.69) is 31.3 Å². The summed E-state index contributed by atoms with van der Waals surface area (Å²) in [6.45, 7) is 7.22. The van der Waals surface area contributed by atoms with Crippen molar-refractivity contribution in [1.29, 1.82) is 0 Å². The zero-order chi connectivity index (χ0) is 25.0. The summed E-state index contributed by atoms with van der Waals surface area (Å²) in [6, 6.07) is 25.6. The molecule has 0 saturated carbocycles. The van der Waals surface area contributed by atoms with E-state index in [1.807, 2.05) is 73.7 Å². The van der Waals surface area contributed by atoms with Crippen LogP contribution in [-0.2, 0) is 22.6 Å². The van der Waals surface area contributed by atoms with E-state index in [-0.39, 0.29) is 17.6 Å². The largest absolute Gasteiger partial charge is 0.354 e. The van der Waals surface area contributed by atoms with Gasteiger partial charge in [-0.3, -0.25) is 9.59 Å². The number of thioether (sulfide) groups is 1. The van der Waals surface area contributed by atoms with Crippen molar-refractivity contribution in [2.75, 3.05) is 12.3 Å². The Morgan fingerprint density at radius 3 is 2.29 bits per heavy atom. The average Bonchev–Trinajstić information content (AvgIpc) is 2.87. The van der Waals surface area contributed by atoms with Crippen molar-refractivity contribution in [2.24, 2.45) is 0 Å². The molecule has 4 nitrogen and oxygen atoms in total.